The van der Waals surface area contributed by atoms with E-state index in [-0.39, 0.29) is 10.1 Å². The molecule has 8 atom stereocenters. The molecule has 7 fully saturated rings. The van der Waals surface area contributed by atoms with Crippen LogP contribution in [0.4, 0.5) is 0 Å². The molecule has 2 nitrogen and oxygen atoms in total. The van der Waals surface area contributed by atoms with Crippen LogP contribution in [-0.2, 0) is 9.47 Å². The number of ether oxygens (including phenoxy) is 2. The standard InChI is InChI=1S/C11H10Br2O2/c12-9-3-6-4(9)8-5(9)7(3)10(6,13)11(8)14-1-2-15-11/h3-8H,1-2H2/t3?,4-,5-,6-,7+,8?,9?,10?/m0/s1. The summed E-state index contributed by atoms with van der Waals surface area (Å²) in [6.45, 7) is 1.59. The van der Waals surface area contributed by atoms with Crippen LogP contribution >= 0.6 is 31.9 Å². The first kappa shape index (κ1) is 8.06. The fraction of sp³-hybridized carbons (Fsp3) is 1.00. The van der Waals surface area contributed by atoms with Gasteiger partial charge >= 0.3 is 0 Å². The molecule has 80 valence electrons. The van der Waals surface area contributed by atoms with Crippen LogP contribution in [-0.4, -0.2) is 27.6 Å². The topological polar surface area (TPSA) is 18.5 Å². The van der Waals surface area contributed by atoms with Crippen molar-refractivity contribution in [2.75, 3.05) is 13.2 Å². The molecule has 0 aromatic rings. The van der Waals surface area contributed by atoms with Gasteiger partial charge in [0, 0.05) is 10.2 Å². The fourth-order valence-corrected chi connectivity index (χ4v) is 9.83. The third kappa shape index (κ3) is 0.397. The zero-order valence-corrected chi connectivity index (χ0v) is 11.1. The van der Waals surface area contributed by atoms with Gasteiger partial charge in [-0.25, -0.2) is 0 Å². The number of hydrogen-bond donors (Lipinski definition) is 0. The molecule has 0 amide bonds. The van der Waals surface area contributed by atoms with Crippen LogP contribution in [0.5, 0.6) is 0 Å². The Morgan fingerprint density at radius 2 is 1.33 bits per heavy atom. The van der Waals surface area contributed by atoms with Crippen molar-refractivity contribution in [3.8, 4) is 0 Å². The van der Waals surface area contributed by atoms with Gasteiger partial charge in [0.1, 0.15) is 0 Å². The van der Waals surface area contributed by atoms with E-state index in [2.05, 4.69) is 31.9 Å². The highest BCUT2D eigenvalue weighted by Gasteiger charge is 3.08. The Morgan fingerprint density at radius 1 is 0.800 bits per heavy atom. The summed E-state index contributed by atoms with van der Waals surface area (Å²) in [6.07, 6.45) is 0. The highest BCUT2D eigenvalue weighted by molar-refractivity contribution is 9.10. The average molecular weight is 334 g/mol. The quantitative estimate of drug-likeness (QED) is 0.629. The van der Waals surface area contributed by atoms with Crippen LogP contribution in [0.15, 0.2) is 0 Å². The molecule has 1 aliphatic heterocycles. The Bertz CT molecular complexity index is 410. The predicted molar refractivity (Wildman–Crippen MR) is 58.9 cm³/mol. The smallest absolute Gasteiger partial charge is 0.187 e. The van der Waals surface area contributed by atoms with Crippen molar-refractivity contribution >= 4 is 31.9 Å². The van der Waals surface area contributed by atoms with Gasteiger partial charge in [-0.1, -0.05) is 31.9 Å². The lowest BCUT2D eigenvalue weighted by atomic mass is 9.20. The first-order valence-electron chi connectivity index (χ1n) is 5.85. The number of alkyl halides is 2. The maximum Gasteiger partial charge on any atom is 0.187 e. The van der Waals surface area contributed by atoms with Gasteiger partial charge in [0.15, 0.2) is 5.79 Å². The molecule has 7 aliphatic rings. The van der Waals surface area contributed by atoms with Gasteiger partial charge < -0.3 is 9.47 Å². The van der Waals surface area contributed by atoms with Gasteiger partial charge in [-0.15, -0.1) is 0 Å². The molecule has 15 heavy (non-hydrogen) atoms. The average Bonchev–Trinajstić information content (AvgIpc) is 2.78. The van der Waals surface area contributed by atoms with Crippen LogP contribution in [0.1, 0.15) is 0 Å². The monoisotopic (exact) mass is 332 g/mol. The fourth-order valence-electron chi connectivity index (χ4n) is 6.49. The molecule has 6 aliphatic carbocycles. The molecule has 4 unspecified atom stereocenters. The normalized spacial score (nSPS) is 82.0. The Morgan fingerprint density at radius 3 is 1.87 bits per heavy atom. The molecule has 6 saturated carbocycles. The second-order valence-corrected chi connectivity index (χ2v) is 8.80. The summed E-state index contributed by atoms with van der Waals surface area (Å²) < 4.78 is 12.9. The first-order valence-corrected chi connectivity index (χ1v) is 7.43. The van der Waals surface area contributed by atoms with E-state index in [0.717, 1.165) is 42.8 Å². The van der Waals surface area contributed by atoms with E-state index >= 15 is 0 Å². The summed E-state index contributed by atoms with van der Waals surface area (Å²) >= 11 is 8.02. The number of rotatable bonds is 0. The van der Waals surface area contributed by atoms with Gasteiger partial charge in [-0.05, 0) is 29.6 Å². The molecule has 2 bridgehead atoms. The van der Waals surface area contributed by atoms with E-state index in [0.29, 0.717) is 10.2 Å². The van der Waals surface area contributed by atoms with Crippen LogP contribution in [0, 0.1) is 35.5 Å². The summed E-state index contributed by atoms with van der Waals surface area (Å²) in [5, 5.41) is 0. The van der Waals surface area contributed by atoms with Gasteiger partial charge in [0.05, 0.1) is 17.5 Å². The molecular weight excluding hydrogens is 324 g/mol. The van der Waals surface area contributed by atoms with E-state index in [9.17, 15) is 0 Å². The van der Waals surface area contributed by atoms with Crippen molar-refractivity contribution in [3.05, 3.63) is 0 Å². The third-order valence-electron chi connectivity index (χ3n) is 6.51. The van der Waals surface area contributed by atoms with E-state index in [1.165, 1.54) is 0 Å². The molecular formula is C11H10Br2O2. The highest BCUT2D eigenvalue weighted by atomic mass is 79.9. The van der Waals surface area contributed by atoms with E-state index in [1.807, 2.05) is 0 Å². The maximum absolute atomic E-state index is 6.06. The van der Waals surface area contributed by atoms with Gasteiger partial charge in [0.25, 0.3) is 0 Å². The predicted octanol–water partition coefficient (Wildman–Crippen LogP) is 1.76. The van der Waals surface area contributed by atoms with Gasteiger partial charge in [-0.2, -0.15) is 0 Å². The zero-order chi connectivity index (χ0) is 9.79. The maximum atomic E-state index is 6.06. The Kier molecular flexibility index (Phi) is 0.922. The van der Waals surface area contributed by atoms with E-state index in [1.54, 1.807) is 0 Å². The second-order valence-electron chi connectivity index (χ2n) is 6.11. The summed E-state index contributed by atoms with van der Waals surface area (Å²) in [4.78, 5) is 0. The molecule has 4 heteroatoms. The highest BCUT2D eigenvalue weighted by Crippen LogP contribution is 3.03. The van der Waals surface area contributed by atoms with Gasteiger partial charge in [0.2, 0.25) is 0 Å². The first-order chi connectivity index (χ1) is 7.19. The van der Waals surface area contributed by atoms with Crippen LogP contribution in [0.3, 0.4) is 0 Å². The van der Waals surface area contributed by atoms with Crippen molar-refractivity contribution in [2.45, 2.75) is 14.4 Å². The summed E-state index contributed by atoms with van der Waals surface area (Å²) in [5.74, 6) is 4.78. The minimum absolute atomic E-state index is 0.205. The molecule has 0 aromatic heterocycles. The molecule has 0 radical (unpaired) electrons. The van der Waals surface area contributed by atoms with Crippen molar-refractivity contribution in [1.82, 2.24) is 0 Å². The zero-order valence-electron chi connectivity index (χ0n) is 7.95. The molecule has 0 N–H and O–H groups in total. The Labute approximate surface area is 104 Å². The van der Waals surface area contributed by atoms with E-state index in [4.69, 9.17) is 9.47 Å². The van der Waals surface area contributed by atoms with Crippen molar-refractivity contribution in [3.63, 3.8) is 0 Å². The lowest BCUT2D eigenvalue weighted by molar-refractivity contribution is -0.337. The van der Waals surface area contributed by atoms with Crippen LogP contribution < -0.4 is 0 Å². The summed E-state index contributed by atoms with van der Waals surface area (Å²) in [5.41, 5.74) is 0. The summed E-state index contributed by atoms with van der Waals surface area (Å²) in [7, 11) is 0. The lowest BCUT2D eigenvalue weighted by Gasteiger charge is -2.89. The lowest BCUT2D eigenvalue weighted by Crippen LogP contribution is -2.93. The van der Waals surface area contributed by atoms with Gasteiger partial charge in [-0.3, -0.25) is 0 Å². The SMILES string of the molecule is BrC12C3[C@@H]4[C@H]1C1[C@@H]2[C@H]3C4(Br)C12OCCO2. The molecule has 1 saturated heterocycles. The van der Waals surface area contributed by atoms with Crippen molar-refractivity contribution in [2.24, 2.45) is 35.5 Å². The van der Waals surface area contributed by atoms with E-state index < -0.39 is 0 Å². The van der Waals surface area contributed by atoms with Crippen molar-refractivity contribution in [1.29, 1.82) is 0 Å². The largest absolute Gasteiger partial charge is 0.346 e. The summed E-state index contributed by atoms with van der Waals surface area (Å²) in [6, 6.07) is 0. The van der Waals surface area contributed by atoms with Crippen LogP contribution in [0.2, 0.25) is 0 Å². The Hall–Kier alpha value is 0.880. The molecule has 1 heterocycles. The molecule has 1 spiro atoms. The second kappa shape index (κ2) is 1.72. The minimum atomic E-state index is -0.220. The third-order valence-corrected chi connectivity index (χ3v) is 9.71. The van der Waals surface area contributed by atoms with Crippen molar-refractivity contribution < 1.29 is 9.47 Å². The molecule has 7 rings (SSSR count). The number of halogens is 2. The minimum Gasteiger partial charge on any atom is -0.346 e. The van der Waals surface area contributed by atoms with Crippen LogP contribution in [0.25, 0.3) is 0 Å². The molecule has 0 aromatic carbocycles. The Balaban J connectivity index is 1.65. The number of hydrogen-bond acceptors (Lipinski definition) is 2.